The highest BCUT2D eigenvalue weighted by atomic mass is 16.2. The van der Waals surface area contributed by atoms with Crippen LogP contribution in [0.15, 0.2) is 54.6 Å². The molecular formula is C29H30O3. The van der Waals surface area contributed by atoms with Crippen LogP contribution in [0.3, 0.4) is 0 Å². The molecule has 32 heavy (non-hydrogen) atoms. The molecule has 0 amide bonds. The van der Waals surface area contributed by atoms with Gasteiger partial charge in [0.15, 0.2) is 22.8 Å². The molecule has 3 aromatic carbocycles. The average Bonchev–Trinajstić information content (AvgIpc) is 2.71. The molecule has 0 N–H and O–H groups in total. The van der Waals surface area contributed by atoms with Gasteiger partial charge in [-0.2, -0.15) is 0 Å². The number of rotatable bonds is 6. The van der Waals surface area contributed by atoms with Crippen LogP contribution < -0.4 is 0 Å². The first-order chi connectivity index (χ1) is 15.0. The Kier molecular flexibility index (Phi) is 6.32. The Morgan fingerprint density at radius 2 is 0.906 bits per heavy atom. The summed E-state index contributed by atoms with van der Waals surface area (Å²) in [5.74, 6) is -1.39. The molecule has 0 aliphatic heterocycles. The highest BCUT2D eigenvalue weighted by molar-refractivity contribution is 6.35. The van der Waals surface area contributed by atoms with Crippen LogP contribution in [-0.2, 0) is 0 Å². The van der Waals surface area contributed by atoms with E-state index in [0.29, 0.717) is 16.7 Å². The number of Topliss-reactive ketones (excluding diaryl/α,β-unsaturated/α-hetero) is 3. The Morgan fingerprint density at radius 3 is 1.25 bits per heavy atom. The monoisotopic (exact) mass is 426 g/mol. The number of hydrogen-bond donors (Lipinski definition) is 0. The van der Waals surface area contributed by atoms with Crippen molar-refractivity contribution in [2.45, 2.75) is 48.5 Å². The predicted molar refractivity (Wildman–Crippen MR) is 129 cm³/mol. The third-order valence-electron chi connectivity index (χ3n) is 6.21. The van der Waals surface area contributed by atoms with Crippen LogP contribution >= 0.6 is 0 Å². The number of benzene rings is 3. The molecule has 0 bridgehead atoms. The second-order valence-electron chi connectivity index (χ2n) is 9.03. The number of carbonyl (C=O) groups excluding carboxylic acids is 3. The van der Waals surface area contributed by atoms with E-state index in [1.165, 1.54) is 6.92 Å². The Hall–Kier alpha value is -3.33. The molecule has 0 saturated carbocycles. The fourth-order valence-corrected chi connectivity index (χ4v) is 4.76. The van der Waals surface area contributed by atoms with Gasteiger partial charge in [-0.15, -0.1) is 0 Å². The molecule has 0 fully saturated rings. The highest BCUT2D eigenvalue weighted by Gasteiger charge is 2.50. The summed E-state index contributed by atoms with van der Waals surface area (Å²) in [6.07, 6.45) is 0. The Balaban J connectivity index is 2.30. The first-order valence-electron chi connectivity index (χ1n) is 10.8. The van der Waals surface area contributed by atoms with Gasteiger partial charge in [0, 0.05) is 16.7 Å². The van der Waals surface area contributed by atoms with Gasteiger partial charge in [-0.25, -0.2) is 0 Å². The van der Waals surface area contributed by atoms with E-state index in [1.807, 2.05) is 65.8 Å². The molecule has 0 radical (unpaired) electrons. The van der Waals surface area contributed by atoms with Crippen LogP contribution in [0.2, 0.25) is 0 Å². The summed E-state index contributed by atoms with van der Waals surface area (Å²) in [6.45, 7) is 12.8. The minimum absolute atomic E-state index is 0.349. The quantitative estimate of drug-likeness (QED) is 0.334. The molecule has 164 valence electrons. The molecule has 3 rings (SSSR count). The van der Waals surface area contributed by atoms with Crippen molar-refractivity contribution < 1.29 is 14.4 Å². The van der Waals surface area contributed by atoms with Crippen LogP contribution in [0.1, 0.15) is 71.4 Å². The number of carbonyl (C=O) groups is 3. The summed E-state index contributed by atoms with van der Waals surface area (Å²) in [4.78, 5) is 42.0. The lowest BCUT2D eigenvalue weighted by molar-refractivity contribution is 0.0612. The second-order valence-corrected chi connectivity index (χ2v) is 9.03. The molecule has 3 aromatic rings. The Morgan fingerprint density at radius 1 is 0.562 bits per heavy atom. The van der Waals surface area contributed by atoms with Crippen molar-refractivity contribution in [1.82, 2.24) is 0 Å². The molecule has 0 atom stereocenters. The lowest BCUT2D eigenvalue weighted by atomic mass is 9.68. The van der Waals surface area contributed by atoms with E-state index in [4.69, 9.17) is 0 Å². The fraction of sp³-hybridized carbons (Fsp3) is 0.276. The van der Waals surface area contributed by atoms with E-state index >= 15 is 0 Å². The van der Waals surface area contributed by atoms with Crippen molar-refractivity contribution in [2.75, 3.05) is 0 Å². The van der Waals surface area contributed by atoms with E-state index in [1.54, 1.807) is 30.3 Å². The summed E-state index contributed by atoms with van der Waals surface area (Å²) in [5, 5.41) is 0. The zero-order valence-electron chi connectivity index (χ0n) is 19.9. The highest BCUT2D eigenvalue weighted by Crippen LogP contribution is 2.36. The molecule has 0 spiro atoms. The standard InChI is InChI=1S/C29H30O3/c1-17-13-19(3)24(20(4)14-17)27(31)29(7,26(30)23-11-9-8-10-12-23)28(32)25-21(5)15-18(2)16-22(25)6/h8-16H,1-7H3. The van der Waals surface area contributed by atoms with Gasteiger partial charge in [-0.05, 0) is 70.7 Å². The first kappa shape index (κ1) is 23.3. The molecule has 0 heterocycles. The van der Waals surface area contributed by atoms with Gasteiger partial charge in [0.25, 0.3) is 0 Å². The maximum Gasteiger partial charge on any atom is 0.184 e. The third-order valence-corrected chi connectivity index (χ3v) is 6.21. The van der Waals surface area contributed by atoms with Gasteiger partial charge >= 0.3 is 0 Å². The van der Waals surface area contributed by atoms with Gasteiger partial charge in [0.1, 0.15) is 0 Å². The van der Waals surface area contributed by atoms with E-state index in [0.717, 1.165) is 33.4 Å². The number of aryl methyl sites for hydroxylation is 6. The van der Waals surface area contributed by atoms with Gasteiger partial charge in [0.2, 0.25) is 0 Å². The molecular weight excluding hydrogens is 396 g/mol. The summed E-state index contributed by atoms with van der Waals surface area (Å²) < 4.78 is 0. The third kappa shape index (κ3) is 3.95. The molecule has 0 aliphatic carbocycles. The minimum atomic E-state index is -1.88. The lowest BCUT2D eigenvalue weighted by Crippen LogP contribution is -2.45. The maximum absolute atomic E-state index is 14.1. The van der Waals surface area contributed by atoms with E-state index in [9.17, 15) is 14.4 Å². The van der Waals surface area contributed by atoms with Crippen LogP contribution in [0.25, 0.3) is 0 Å². The van der Waals surface area contributed by atoms with E-state index in [-0.39, 0.29) is 0 Å². The van der Waals surface area contributed by atoms with Gasteiger partial charge < -0.3 is 0 Å². The summed E-state index contributed by atoms with van der Waals surface area (Å²) in [6, 6.07) is 16.3. The predicted octanol–water partition coefficient (Wildman–Crippen LogP) is 6.49. The minimum Gasteiger partial charge on any atom is -0.293 e. The summed E-state index contributed by atoms with van der Waals surface area (Å²) >= 11 is 0. The molecule has 0 saturated heterocycles. The second kappa shape index (κ2) is 8.66. The van der Waals surface area contributed by atoms with Gasteiger partial charge in [-0.3, -0.25) is 14.4 Å². The topological polar surface area (TPSA) is 51.2 Å². The van der Waals surface area contributed by atoms with Crippen molar-refractivity contribution in [3.05, 3.63) is 105 Å². The van der Waals surface area contributed by atoms with E-state index in [2.05, 4.69) is 0 Å². The van der Waals surface area contributed by atoms with Crippen LogP contribution in [0, 0.1) is 47.0 Å². The molecule has 3 nitrogen and oxygen atoms in total. The van der Waals surface area contributed by atoms with Crippen LogP contribution in [0.5, 0.6) is 0 Å². The average molecular weight is 427 g/mol. The normalized spacial score (nSPS) is 11.3. The van der Waals surface area contributed by atoms with Crippen molar-refractivity contribution in [2.24, 2.45) is 5.41 Å². The van der Waals surface area contributed by atoms with Crippen molar-refractivity contribution in [1.29, 1.82) is 0 Å². The van der Waals surface area contributed by atoms with Crippen molar-refractivity contribution in [3.63, 3.8) is 0 Å². The first-order valence-corrected chi connectivity index (χ1v) is 10.8. The van der Waals surface area contributed by atoms with Gasteiger partial charge in [-0.1, -0.05) is 65.7 Å². The van der Waals surface area contributed by atoms with E-state index < -0.39 is 22.8 Å². The SMILES string of the molecule is Cc1cc(C)c(C(=O)C(C)(C(=O)c2ccccc2)C(=O)c2c(C)cc(C)cc2C)c(C)c1. The largest absolute Gasteiger partial charge is 0.293 e. The lowest BCUT2D eigenvalue weighted by Gasteiger charge is -2.28. The fourth-order valence-electron chi connectivity index (χ4n) is 4.76. The Labute approximate surface area is 190 Å². The zero-order chi connectivity index (χ0) is 23.8. The van der Waals surface area contributed by atoms with Crippen molar-refractivity contribution >= 4 is 17.3 Å². The molecule has 0 aliphatic rings. The summed E-state index contributed by atoms with van der Waals surface area (Å²) in [5.41, 5.74) is 4.49. The molecule has 0 aromatic heterocycles. The number of hydrogen-bond acceptors (Lipinski definition) is 3. The zero-order valence-corrected chi connectivity index (χ0v) is 19.9. The maximum atomic E-state index is 14.1. The van der Waals surface area contributed by atoms with Crippen LogP contribution in [0.4, 0.5) is 0 Å². The van der Waals surface area contributed by atoms with Crippen LogP contribution in [-0.4, -0.2) is 17.3 Å². The smallest absolute Gasteiger partial charge is 0.184 e. The molecule has 3 heteroatoms. The van der Waals surface area contributed by atoms with Gasteiger partial charge in [0.05, 0.1) is 0 Å². The number of ketones is 3. The Bertz CT molecular complexity index is 1120. The van der Waals surface area contributed by atoms with Crippen molar-refractivity contribution in [3.8, 4) is 0 Å². The molecule has 0 unspecified atom stereocenters. The summed E-state index contributed by atoms with van der Waals surface area (Å²) in [7, 11) is 0.